The Morgan fingerprint density at radius 2 is 1.93 bits per heavy atom. The second-order valence-electron chi connectivity index (χ2n) is 7.31. The molecule has 28 heavy (non-hydrogen) atoms. The van der Waals surface area contributed by atoms with Crippen LogP contribution in [0.25, 0.3) is 6.08 Å². The largest absolute Gasteiger partial charge is 0.398 e. The van der Waals surface area contributed by atoms with Crippen LogP contribution in [0.2, 0.25) is 5.54 Å². The third-order valence-electron chi connectivity index (χ3n) is 5.76. The summed E-state index contributed by atoms with van der Waals surface area (Å²) in [5, 5.41) is 4.08. The lowest BCUT2D eigenvalue weighted by Gasteiger charge is -2.37. The minimum atomic E-state index is -2.32. The quantitative estimate of drug-likeness (QED) is 0.460. The first-order valence-electron chi connectivity index (χ1n) is 9.91. The standard InChI is InChI=1S/C26H25NSi/c1-2-3-7-17-23-20-24-25(27)18-12-19-26(24)28(23,22-15-10-6-11-16-22)21-13-8-4-5-9-14-21/h2-6,8,10-13,15-16,18-21H,9,14,27H2,1H3/b3-2-. The van der Waals surface area contributed by atoms with Gasteiger partial charge < -0.3 is 5.73 Å². The van der Waals surface area contributed by atoms with Gasteiger partial charge in [0.1, 0.15) is 0 Å². The molecule has 1 aliphatic heterocycles. The Labute approximate surface area is 169 Å². The summed E-state index contributed by atoms with van der Waals surface area (Å²) >= 11 is 0. The molecule has 1 aliphatic carbocycles. The van der Waals surface area contributed by atoms with Gasteiger partial charge in [0.15, 0.2) is 8.07 Å². The average Bonchev–Trinajstić information content (AvgIpc) is 2.87. The van der Waals surface area contributed by atoms with Gasteiger partial charge in [0, 0.05) is 10.9 Å². The van der Waals surface area contributed by atoms with Crippen LogP contribution in [0.4, 0.5) is 5.69 Å². The van der Waals surface area contributed by atoms with Gasteiger partial charge in [0.05, 0.1) is 0 Å². The average molecular weight is 380 g/mol. The van der Waals surface area contributed by atoms with Crippen molar-refractivity contribution in [2.24, 2.45) is 0 Å². The van der Waals surface area contributed by atoms with Crippen LogP contribution in [0.1, 0.15) is 25.3 Å². The van der Waals surface area contributed by atoms with Crippen molar-refractivity contribution >= 4 is 30.2 Å². The summed E-state index contributed by atoms with van der Waals surface area (Å²) in [6, 6.07) is 17.4. The third-order valence-corrected chi connectivity index (χ3v) is 11.0. The van der Waals surface area contributed by atoms with Crippen LogP contribution in [-0.4, -0.2) is 8.07 Å². The van der Waals surface area contributed by atoms with E-state index in [0.29, 0.717) is 5.54 Å². The summed E-state index contributed by atoms with van der Waals surface area (Å²) in [5.74, 6) is 6.81. The lowest BCUT2D eigenvalue weighted by molar-refractivity contribution is 0.854. The Morgan fingerprint density at radius 1 is 1.07 bits per heavy atom. The van der Waals surface area contributed by atoms with Crippen molar-refractivity contribution in [2.45, 2.75) is 25.3 Å². The van der Waals surface area contributed by atoms with Gasteiger partial charge in [-0.1, -0.05) is 84.7 Å². The molecule has 0 aromatic heterocycles. The van der Waals surface area contributed by atoms with E-state index in [1.807, 2.05) is 25.1 Å². The summed E-state index contributed by atoms with van der Waals surface area (Å²) in [6.07, 6.45) is 17.5. The fourth-order valence-electron chi connectivity index (χ4n) is 4.56. The van der Waals surface area contributed by atoms with E-state index in [4.69, 9.17) is 5.73 Å². The van der Waals surface area contributed by atoms with E-state index in [1.54, 1.807) is 0 Å². The summed E-state index contributed by atoms with van der Waals surface area (Å²) in [5.41, 5.74) is 8.90. The molecule has 2 aromatic carbocycles. The van der Waals surface area contributed by atoms with Crippen LogP contribution in [-0.2, 0) is 0 Å². The fourth-order valence-corrected chi connectivity index (χ4v) is 10.1. The molecule has 2 aromatic rings. The third kappa shape index (κ3) is 2.98. The smallest absolute Gasteiger partial charge is 0.166 e. The normalized spacial score (nSPS) is 23.0. The number of benzene rings is 2. The van der Waals surface area contributed by atoms with Gasteiger partial charge in [-0.15, -0.1) is 0 Å². The molecule has 0 amide bonds. The molecule has 0 spiro atoms. The van der Waals surface area contributed by atoms with E-state index in [9.17, 15) is 0 Å². The van der Waals surface area contributed by atoms with E-state index in [0.717, 1.165) is 18.5 Å². The molecule has 4 rings (SSSR count). The maximum atomic E-state index is 6.43. The highest BCUT2D eigenvalue weighted by Crippen LogP contribution is 2.40. The first kappa shape index (κ1) is 18.3. The fraction of sp³-hybridized carbons (Fsp3) is 0.154. The van der Waals surface area contributed by atoms with Crippen molar-refractivity contribution < 1.29 is 0 Å². The van der Waals surface area contributed by atoms with E-state index >= 15 is 0 Å². The van der Waals surface area contributed by atoms with Gasteiger partial charge in [0.25, 0.3) is 0 Å². The second-order valence-corrected chi connectivity index (χ2v) is 11.3. The van der Waals surface area contributed by atoms with Crippen LogP contribution in [0, 0.1) is 11.8 Å². The molecule has 2 atom stereocenters. The zero-order valence-electron chi connectivity index (χ0n) is 16.2. The molecule has 0 saturated carbocycles. The molecular formula is C26H25NSi. The number of nitrogen functional groups attached to an aromatic ring is 1. The number of hydrogen-bond acceptors (Lipinski definition) is 1. The highest BCUT2D eigenvalue weighted by atomic mass is 28.3. The number of rotatable bonds is 2. The van der Waals surface area contributed by atoms with E-state index in [-0.39, 0.29) is 0 Å². The summed E-state index contributed by atoms with van der Waals surface area (Å²) in [6.45, 7) is 2.01. The van der Waals surface area contributed by atoms with E-state index in [1.165, 1.54) is 21.1 Å². The minimum absolute atomic E-state index is 0.444. The Hall–Kier alpha value is -3.02. The van der Waals surface area contributed by atoms with Crippen molar-refractivity contribution in [1.29, 1.82) is 0 Å². The van der Waals surface area contributed by atoms with Gasteiger partial charge in [-0.05, 0) is 59.5 Å². The minimum Gasteiger partial charge on any atom is -0.398 e. The molecular weight excluding hydrogens is 354 g/mol. The van der Waals surface area contributed by atoms with Crippen molar-refractivity contribution in [2.75, 3.05) is 5.73 Å². The first-order valence-corrected chi connectivity index (χ1v) is 12.0. The van der Waals surface area contributed by atoms with E-state index in [2.05, 4.69) is 84.7 Å². The first-order chi connectivity index (χ1) is 13.8. The highest BCUT2D eigenvalue weighted by Gasteiger charge is 2.50. The predicted molar refractivity (Wildman–Crippen MR) is 124 cm³/mol. The molecule has 1 nitrogen and oxygen atoms in total. The molecule has 0 radical (unpaired) electrons. The molecule has 2 heteroatoms. The molecule has 0 saturated heterocycles. The molecule has 2 unspecified atom stereocenters. The van der Waals surface area contributed by atoms with Crippen LogP contribution >= 0.6 is 0 Å². The molecule has 1 heterocycles. The van der Waals surface area contributed by atoms with Gasteiger partial charge in [-0.2, -0.15) is 0 Å². The maximum absolute atomic E-state index is 6.43. The van der Waals surface area contributed by atoms with Crippen molar-refractivity contribution in [1.82, 2.24) is 0 Å². The van der Waals surface area contributed by atoms with Gasteiger partial charge in [-0.3, -0.25) is 0 Å². The lowest BCUT2D eigenvalue weighted by atomic mass is 10.1. The molecule has 0 bridgehead atoms. The Bertz CT molecular complexity index is 1050. The van der Waals surface area contributed by atoms with E-state index < -0.39 is 8.07 Å². The van der Waals surface area contributed by atoms with Gasteiger partial charge in [-0.25, -0.2) is 0 Å². The monoisotopic (exact) mass is 379 g/mol. The second kappa shape index (κ2) is 7.92. The number of anilines is 1. The summed E-state index contributed by atoms with van der Waals surface area (Å²) in [4.78, 5) is 0. The summed E-state index contributed by atoms with van der Waals surface area (Å²) in [7, 11) is -2.32. The highest BCUT2D eigenvalue weighted by molar-refractivity contribution is 7.11. The lowest BCUT2D eigenvalue weighted by Crippen LogP contribution is -2.61. The SMILES string of the molecule is C/C=C\C#CC1=Cc2c(N)cccc2[Si]1(c1ccccc1)C1C=CC=CCC1. The number of fused-ring (bicyclic) bond motifs is 1. The predicted octanol–water partition coefficient (Wildman–Crippen LogP) is 4.62. The molecule has 138 valence electrons. The van der Waals surface area contributed by atoms with Gasteiger partial charge >= 0.3 is 0 Å². The Morgan fingerprint density at radius 3 is 2.75 bits per heavy atom. The molecule has 2 aliphatic rings. The van der Waals surface area contributed by atoms with Crippen molar-refractivity contribution in [3.05, 3.63) is 95.7 Å². The molecule has 2 N–H and O–H groups in total. The Kier molecular flexibility index (Phi) is 5.19. The van der Waals surface area contributed by atoms with Crippen LogP contribution in [0.3, 0.4) is 0 Å². The topological polar surface area (TPSA) is 26.0 Å². The van der Waals surface area contributed by atoms with Crippen molar-refractivity contribution in [3.63, 3.8) is 0 Å². The van der Waals surface area contributed by atoms with Crippen LogP contribution in [0.5, 0.6) is 0 Å². The van der Waals surface area contributed by atoms with Crippen LogP contribution < -0.4 is 16.1 Å². The Balaban J connectivity index is 2.03. The number of nitrogens with two attached hydrogens (primary N) is 1. The maximum Gasteiger partial charge on any atom is 0.166 e. The zero-order chi connectivity index (χ0) is 19.4. The van der Waals surface area contributed by atoms with Gasteiger partial charge in [0.2, 0.25) is 0 Å². The van der Waals surface area contributed by atoms with Crippen molar-refractivity contribution in [3.8, 4) is 11.8 Å². The molecule has 0 fully saturated rings. The number of allylic oxidation sites excluding steroid dienone is 7. The summed E-state index contributed by atoms with van der Waals surface area (Å²) < 4.78 is 0. The van der Waals surface area contributed by atoms with Crippen LogP contribution in [0.15, 0.2) is 90.2 Å². The zero-order valence-corrected chi connectivity index (χ0v) is 17.2. The number of hydrogen-bond donors (Lipinski definition) is 1.